The summed E-state index contributed by atoms with van der Waals surface area (Å²) < 4.78 is 5.45. The largest absolute Gasteiger partial charge is 0.494 e. The normalized spacial score (nSPS) is 17.5. The summed E-state index contributed by atoms with van der Waals surface area (Å²) in [5, 5.41) is 9.26. The first-order valence-electron chi connectivity index (χ1n) is 5.61. The monoisotopic (exact) mass is 206 g/mol. The van der Waals surface area contributed by atoms with Gasteiger partial charge in [-0.2, -0.15) is 0 Å². The highest BCUT2D eigenvalue weighted by molar-refractivity contribution is 5.30. The van der Waals surface area contributed by atoms with Gasteiger partial charge in [0.15, 0.2) is 0 Å². The Morgan fingerprint density at radius 2 is 2.20 bits per heavy atom. The Morgan fingerprint density at radius 1 is 1.40 bits per heavy atom. The standard InChI is InChI=1S/C13H18O2/c1-2-15-12-5-3-4-11(8-12)9-13(10-14)6-7-13/h3-5,8,14H,2,6-7,9-10H2,1H3. The van der Waals surface area contributed by atoms with Gasteiger partial charge in [-0.05, 0) is 49.3 Å². The van der Waals surface area contributed by atoms with E-state index >= 15 is 0 Å². The van der Waals surface area contributed by atoms with Crippen LogP contribution in [0.25, 0.3) is 0 Å². The molecule has 0 radical (unpaired) electrons. The third kappa shape index (κ3) is 2.51. The highest BCUT2D eigenvalue weighted by Crippen LogP contribution is 2.47. The Morgan fingerprint density at radius 3 is 2.80 bits per heavy atom. The summed E-state index contributed by atoms with van der Waals surface area (Å²) in [5.74, 6) is 0.934. The van der Waals surface area contributed by atoms with Gasteiger partial charge in [-0.3, -0.25) is 0 Å². The molecule has 1 saturated carbocycles. The van der Waals surface area contributed by atoms with Crippen LogP contribution in [-0.4, -0.2) is 18.3 Å². The van der Waals surface area contributed by atoms with Gasteiger partial charge in [-0.25, -0.2) is 0 Å². The lowest BCUT2D eigenvalue weighted by Gasteiger charge is -2.12. The molecule has 1 fully saturated rings. The third-order valence-corrected chi connectivity index (χ3v) is 3.08. The Kier molecular flexibility index (Phi) is 2.96. The smallest absolute Gasteiger partial charge is 0.119 e. The average molecular weight is 206 g/mol. The fourth-order valence-corrected chi connectivity index (χ4v) is 1.91. The van der Waals surface area contributed by atoms with Crippen LogP contribution in [0, 0.1) is 5.41 Å². The van der Waals surface area contributed by atoms with Gasteiger partial charge in [0.05, 0.1) is 6.61 Å². The number of benzene rings is 1. The molecule has 1 aromatic carbocycles. The van der Waals surface area contributed by atoms with Crippen molar-refractivity contribution in [3.05, 3.63) is 29.8 Å². The average Bonchev–Trinajstić information content (AvgIpc) is 3.00. The first-order chi connectivity index (χ1) is 7.28. The third-order valence-electron chi connectivity index (χ3n) is 3.08. The molecule has 0 atom stereocenters. The molecule has 0 heterocycles. The molecule has 0 saturated heterocycles. The number of aliphatic hydroxyl groups excluding tert-OH is 1. The predicted octanol–water partition coefficient (Wildman–Crippen LogP) is 2.40. The van der Waals surface area contributed by atoms with E-state index in [-0.39, 0.29) is 5.41 Å². The topological polar surface area (TPSA) is 29.5 Å². The Bertz CT molecular complexity index is 329. The second-order valence-electron chi connectivity index (χ2n) is 4.42. The second-order valence-corrected chi connectivity index (χ2v) is 4.42. The lowest BCUT2D eigenvalue weighted by molar-refractivity contribution is 0.211. The van der Waals surface area contributed by atoms with Crippen molar-refractivity contribution in [1.29, 1.82) is 0 Å². The number of rotatable bonds is 5. The fourth-order valence-electron chi connectivity index (χ4n) is 1.91. The van der Waals surface area contributed by atoms with Gasteiger partial charge < -0.3 is 9.84 Å². The van der Waals surface area contributed by atoms with E-state index < -0.39 is 0 Å². The molecular formula is C13H18O2. The molecule has 0 aromatic heterocycles. The van der Waals surface area contributed by atoms with Gasteiger partial charge in [0.1, 0.15) is 5.75 Å². The molecule has 1 aliphatic carbocycles. The number of aliphatic hydroxyl groups is 1. The van der Waals surface area contributed by atoms with Crippen molar-refractivity contribution in [2.75, 3.05) is 13.2 Å². The Hall–Kier alpha value is -1.02. The van der Waals surface area contributed by atoms with Crippen LogP contribution in [0.4, 0.5) is 0 Å². The van der Waals surface area contributed by atoms with E-state index in [1.54, 1.807) is 0 Å². The van der Waals surface area contributed by atoms with Crippen LogP contribution >= 0.6 is 0 Å². The van der Waals surface area contributed by atoms with Crippen molar-refractivity contribution in [3.8, 4) is 5.75 Å². The van der Waals surface area contributed by atoms with Gasteiger partial charge >= 0.3 is 0 Å². The van der Waals surface area contributed by atoms with Gasteiger partial charge in [-0.1, -0.05) is 12.1 Å². The zero-order valence-electron chi connectivity index (χ0n) is 9.20. The number of hydrogen-bond acceptors (Lipinski definition) is 2. The van der Waals surface area contributed by atoms with E-state index in [4.69, 9.17) is 4.74 Å². The molecule has 2 nitrogen and oxygen atoms in total. The van der Waals surface area contributed by atoms with Crippen LogP contribution in [0.1, 0.15) is 25.3 Å². The summed E-state index contributed by atoms with van der Waals surface area (Å²) >= 11 is 0. The van der Waals surface area contributed by atoms with E-state index in [1.165, 1.54) is 5.56 Å². The maximum absolute atomic E-state index is 9.26. The number of ether oxygens (including phenoxy) is 1. The first-order valence-corrected chi connectivity index (χ1v) is 5.61. The predicted molar refractivity (Wildman–Crippen MR) is 60.1 cm³/mol. The molecule has 2 rings (SSSR count). The molecule has 82 valence electrons. The van der Waals surface area contributed by atoms with Gasteiger partial charge in [0.25, 0.3) is 0 Å². The zero-order valence-corrected chi connectivity index (χ0v) is 9.20. The molecule has 1 N–H and O–H groups in total. The van der Waals surface area contributed by atoms with E-state index in [0.717, 1.165) is 25.0 Å². The van der Waals surface area contributed by atoms with Crippen LogP contribution in [0.5, 0.6) is 5.75 Å². The molecule has 0 spiro atoms. The Labute approximate surface area is 90.9 Å². The lowest BCUT2D eigenvalue weighted by atomic mass is 9.97. The molecule has 0 bridgehead atoms. The summed E-state index contributed by atoms with van der Waals surface area (Å²) in [7, 11) is 0. The van der Waals surface area contributed by atoms with E-state index in [9.17, 15) is 5.11 Å². The van der Waals surface area contributed by atoms with Crippen LogP contribution in [0.3, 0.4) is 0 Å². The molecule has 0 unspecified atom stereocenters. The highest BCUT2D eigenvalue weighted by atomic mass is 16.5. The SMILES string of the molecule is CCOc1cccc(CC2(CO)CC2)c1. The quantitative estimate of drug-likeness (QED) is 0.801. The molecule has 1 aromatic rings. The first kappa shape index (κ1) is 10.5. The maximum Gasteiger partial charge on any atom is 0.119 e. The molecule has 0 aliphatic heterocycles. The summed E-state index contributed by atoms with van der Waals surface area (Å²) in [6.07, 6.45) is 3.29. The minimum Gasteiger partial charge on any atom is -0.494 e. The van der Waals surface area contributed by atoms with Crippen molar-refractivity contribution in [3.63, 3.8) is 0 Å². The van der Waals surface area contributed by atoms with Crippen LogP contribution in [-0.2, 0) is 6.42 Å². The van der Waals surface area contributed by atoms with Crippen LogP contribution < -0.4 is 4.74 Å². The van der Waals surface area contributed by atoms with Crippen molar-refractivity contribution < 1.29 is 9.84 Å². The second kappa shape index (κ2) is 4.23. The highest BCUT2D eigenvalue weighted by Gasteiger charge is 2.41. The fraction of sp³-hybridized carbons (Fsp3) is 0.538. The van der Waals surface area contributed by atoms with Crippen molar-refractivity contribution in [1.82, 2.24) is 0 Å². The molecule has 1 aliphatic rings. The molecule has 0 amide bonds. The van der Waals surface area contributed by atoms with Crippen molar-refractivity contribution >= 4 is 0 Å². The van der Waals surface area contributed by atoms with Gasteiger partial charge in [0, 0.05) is 6.61 Å². The van der Waals surface area contributed by atoms with E-state index in [1.807, 2.05) is 19.1 Å². The van der Waals surface area contributed by atoms with Gasteiger partial charge in [-0.15, -0.1) is 0 Å². The lowest BCUT2D eigenvalue weighted by Crippen LogP contribution is -2.10. The zero-order chi connectivity index (χ0) is 10.7. The van der Waals surface area contributed by atoms with E-state index in [0.29, 0.717) is 13.2 Å². The molecular weight excluding hydrogens is 188 g/mol. The van der Waals surface area contributed by atoms with Crippen molar-refractivity contribution in [2.24, 2.45) is 5.41 Å². The number of hydrogen-bond donors (Lipinski definition) is 1. The summed E-state index contributed by atoms with van der Waals surface area (Å²) in [5.41, 5.74) is 1.46. The van der Waals surface area contributed by atoms with E-state index in [2.05, 4.69) is 12.1 Å². The van der Waals surface area contributed by atoms with Crippen LogP contribution in [0.2, 0.25) is 0 Å². The van der Waals surface area contributed by atoms with Gasteiger partial charge in [0.2, 0.25) is 0 Å². The maximum atomic E-state index is 9.26. The minimum atomic E-state index is 0.185. The molecule has 15 heavy (non-hydrogen) atoms. The summed E-state index contributed by atoms with van der Waals surface area (Å²) in [6, 6.07) is 8.19. The Balaban J connectivity index is 2.05. The summed E-state index contributed by atoms with van der Waals surface area (Å²) in [6.45, 7) is 3.00. The molecule has 2 heteroatoms. The minimum absolute atomic E-state index is 0.185. The van der Waals surface area contributed by atoms with Crippen molar-refractivity contribution in [2.45, 2.75) is 26.2 Å². The summed E-state index contributed by atoms with van der Waals surface area (Å²) in [4.78, 5) is 0. The van der Waals surface area contributed by atoms with Crippen LogP contribution in [0.15, 0.2) is 24.3 Å².